The third kappa shape index (κ3) is 6.64. The summed E-state index contributed by atoms with van der Waals surface area (Å²) in [4.78, 5) is 17.7. The molecule has 4 heterocycles. The fourth-order valence-corrected chi connectivity index (χ4v) is 8.76. The number of nitriles is 1. The van der Waals surface area contributed by atoms with Crippen molar-refractivity contribution in [2.75, 3.05) is 48.1 Å². The number of carbonyl (C=O) groups excluding carboxylic acids is 1. The first-order chi connectivity index (χ1) is 26.4. The third-order valence-corrected chi connectivity index (χ3v) is 10.9. The molecule has 2 bridgehead atoms. The Kier molecular flexibility index (Phi) is 10.5. The number of nitrogens with zero attached hydrogens (tertiary/aromatic N) is 3. The normalized spacial score (nSPS) is 22.6. The number of alkyl halides is 3. The first-order valence-electron chi connectivity index (χ1n) is 17.8. The van der Waals surface area contributed by atoms with E-state index in [1.54, 1.807) is 20.3 Å². The number of esters is 1. The summed E-state index contributed by atoms with van der Waals surface area (Å²) in [5, 5.41) is 11.0. The molecule has 1 fully saturated rings. The Morgan fingerprint density at radius 2 is 1.84 bits per heavy atom. The van der Waals surface area contributed by atoms with Crippen LogP contribution in [-0.4, -0.2) is 82.0 Å². The molecule has 0 spiro atoms. The van der Waals surface area contributed by atoms with Gasteiger partial charge in [-0.05, 0) is 68.6 Å². The molecule has 0 N–H and O–H groups in total. The van der Waals surface area contributed by atoms with Gasteiger partial charge in [0, 0.05) is 47.5 Å². The first kappa shape index (κ1) is 38.1. The van der Waals surface area contributed by atoms with Gasteiger partial charge in [0.25, 0.3) is 0 Å². The summed E-state index contributed by atoms with van der Waals surface area (Å²) in [6.07, 6.45) is 0.430. The molecule has 0 radical (unpaired) electrons. The number of hydrogen-bond acceptors (Lipinski definition) is 11. The number of halogens is 3. The molecule has 290 valence electrons. The van der Waals surface area contributed by atoms with Crippen molar-refractivity contribution in [1.29, 1.82) is 5.26 Å². The minimum atomic E-state index is -4.53. The molecule has 1 unspecified atom stereocenters. The maximum Gasteiger partial charge on any atom is 0.416 e. The molecule has 3 aromatic rings. The van der Waals surface area contributed by atoms with Gasteiger partial charge in [0.1, 0.15) is 25.0 Å². The van der Waals surface area contributed by atoms with Crippen LogP contribution in [0.1, 0.15) is 56.6 Å². The standard InChI is InChI=1S/C41H42F3N3O8/c1-7-13-51-37-23(3)38-40(55-21-54-38)34-27(37)17-29-35-33-25(14-22(2)36(50-6)39(33)53-20-49-5)16-28(46(35)4)30(18-45)47(29)31(34)19-52-32(48)12-11-24-9-8-10-26(15-24)41(42,43)44/h7-12,14-15,28-31,35H,1,13,16-17,19-21H2,2-6H3/t28-,29?,30-,31-,35-/m0/s1. The lowest BCUT2D eigenvalue weighted by molar-refractivity contribution is -0.143. The third-order valence-electron chi connectivity index (χ3n) is 10.9. The van der Waals surface area contributed by atoms with Gasteiger partial charge in [-0.3, -0.25) is 9.80 Å². The number of likely N-dealkylation sites (N-methyl/N-ethyl adjacent to an activating group) is 1. The van der Waals surface area contributed by atoms with Crippen molar-refractivity contribution in [3.05, 3.63) is 93.6 Å². The summed E-state index contributed by atoms with van der Waals surface area (Å²) in [7, 11) is 5.16. The molecule has 1 saturated heterocycles. The van der Waals surface area contributed by atoms with Gasteiger partial charge in [-0.15, -0.1) is 0 Å². The molecule has 5 atom stereocenters. The molecule has 7 rings (SSSR count). The summed E-state index contributed by atoms with van der Waals surface area (Å²) in [5.41, 5.74) is 4.44. The highest BCUT2D eigenvalue weighted by molar-refractivity contribution is 5.87. The van der Waals surface area contributed by atoms with Crippen LogP contribution in [0.3, 0.4) is 0 Å². The molecule has 3 aromatic carbocycles. The number of aryl methyl sites for hydroxylation is 1. The van der Waals surface area contributed by atoms with Crippen molar-refractivity contribution in [2.45, 2.75) is 63.1 Å². The zero-order chi connectivity index (χ0) is 39.2. The molecular weight excluding hydrogens is 719 g/mol. The number of ether oxygens (including phenoxy) is 7. The van der Waals surface area contributed by atoms with Gasteiger partial charge < -0.3 is 33.2 Å². The van der Waals surface area contributed by atoms with Gasteiger partial charge in [-0.1, -0.05) is 30.9 Å². The SMILES string of the molecule is C=CCOc1c(C)c2c(c3c1CC1[C@H]4c5c(cc(C)c(OC)c5OCOC)C[C@@H]([C@H](C#N)N1[C@H]3COC(=O)C=Cc1cccc(C(F)(F)F)c1)N4C)OCO2. The summed E-state index contributed by atoms with van der Waals surface area (Å²) < 4.78 is 82.0. The largest absolute Gasteiger partial charge is 0.493 e. The van der Waals surface area contributed by atoms with Crippen molar-refractivity contribution >= 4 is 12.0 Å². The molecule has 4 aliphatic heterocycles. The second-order valence-corrected chi connectivity index (χ2v) is 14.0. The number of rotatable bonds is 11. The Balaban J connectivity index is 1.36. The Labute approximate surface area is 317 Å². The van der Waals surface area contributed by atoms with Crippen LogP contribution in [0, 0.1) is 25.2 Å². The van der Waals surface area contributed by atoms with Gasteiger partial charge >= 0.3 is 12.1 Å². The molecule has 0 amide bonds. The number of benzene rings is 3. The van der Waals surface area contributed by atoms with Crippen LogP contribution in [0.4, 0.5) is 13.2 Å². The summed E-state index contributed by atoms with van der Waals surface area (Å²) >= 11 is 0. The predicted molar refractivity (Wildman–Crippen MR) is 194 cm³/mol. The van der Waals surface area contributed by atoms with E-state index in [2.05, 4.69) is 28.5 Å². The summed E-state index contributed by atoms with van der Waals surface area (Å²) in [6, 6.07) is 6.98. The lowest BCUT2D eigenvalue weighted by atomic mass is 9.71. The quantitative estimate of drug-likeness (QED) is 0.0909. The van der Waals surface area contributed by atoms with Gasteiger partial charge in [-0.25, -0.2) is 4.79 Å². The van der Waals surface area contributed by atoms with Crippen molar-refractivity contribution in [3.8, 4) is 34.8 Å². The van der Waals surface area contributed by atoms with Crippen molar-refractivity contribution in [2.24, 2.45) is 0 Å². The highest BCUT2D eigenvalue weighted by Crippen LogP contribution is 2.58. The summed E-state index contributed by atoms with van der Waals surface area (Å²) in [6.45, 7) is 7.64. The molecule has 0 aromatic heterocycles. The minimum Gasteiger partial charge on any atom is -0.493 e. The molecule has 0 saturated carbocycles. The van der Waals surface area contributed by atoms with E-state index in [0.29, 0.717) is 47.2 Å². The predicted octanol–water partition coefficient (Wildman–Crippen LogP) is 6.64. The molecular formula is C41H42F3N3O8. The van der Waals surface area contributed by atoms with Gasteiger partial charge in [-0.2, -0.15) is 18.4 Å². The lowest BCUT2D eigenvalue weighted by Crippen LogP contribution is -2.68. The Morgan fingerprint density at radius 3 is 2.55 bits per heavy atom. The number of piperazine rings is 1. The van der Waals surface area contributed by atoms with Crippen LogP contribution in [-0.2, 0) is 33.3 Å². The second-order valence-electron chi connectivity index (χ2n) is 14.0. The molecule has 14 heteroatoms. The number of methoxy groups -OCH3 is 2. The fourth-order valence-electron chi connectivity index (χ4n) is 8.76. The number of hydrogen-bond donors (Lipinski definition) is 0. The molecule has 4 aliphatic rings. The van der Waals surface area contributed by atoms with Crippen LogP contribution in [0.15, 0.2) is 49.1 Å². The van der Waals surface area contributed by atoms with Crippen LogP contribution < -0.4 is 23.7 Å². The van der Waals surface area contributed by atoms with Crippen LogP contribution in [0.5, 0.6) is 28.7 Å². The van der Waals surface area contributed by atoms with Gasteiger partial charge in [0.2, 0.25) is 6.79 Å². The smallest absolute Gasteiger partial charge is 0.416 e. The molecule has 0 aliphatic carbocycles. The van der Waals surface area contributed by atoms with E-state index < -0.39 is 29.8 Å². The Morgan fingerprint density at radius 1 is 1.05 bits per heavy atom. The monoisotopic (exact) mass is 761 g/mol. The van der Waals surface area contributed by atoms with Crippen molar-refractivity contribution in [1.82, 2.24) is 9.80 Å². The van der Waals surface area contributed by atoms with E-state index in [1.165, 1.54) is 18.2 Å². The average molecular weight is 762 g/mol. The topological polar surface area (TPSA) is 112 Å². The van der Waals surface area contributed by atoms with Crippen LogP contribution in [0.2, 0.25) is 0 Å². The van der Waals surface area contributed by atoms with Gasteiger partial charge in [0.15, 0.2) is 29.8 Å². The van der Waals surface area contributed by atoms with E-state index in [0.717, 1.165) is 46.0 Å². The van der Waals surface area contributed by atoms with E-state index in [1.807, 2.05) is 20.9 Å². The second kappa shape index (κ2) is 15.1. The Bertz CT molecular complexity index is 2080. The lowest BCUT2D eigenvalue weighted by Gasteiger charge is -2.59. The molecule has 11 nitrogen and oxygen atoms in total. The van der Waals surface area contributed by atoms with E-state index in [-0.39, 0.29) is 50.5 Å². The van der Waals surface area contributed by atoms with Crippen LogP contribution in [0.25, 0.3) is 6.08 Å². The first-order valence-corrected chi connectivity index (χ1v) is 17.8. The molecule has 55 heavy (non-hydrogen) atoms. The maximum atomic E-state index is 13.4. The van der Waals surface area contributed by atoms with Crippen LogP contribution >= 0.6 is 0 Å². The fraction of sp³-hybridized carbons (Fsp3) is 0.415. The zero-order valence-electron chi connectivity index (χ0n) is 31.2. The van der Waals surface area contributed by atoms with Crippen molar-refractivity contribution < 1.29 is 51.1 Å². The van der Waals surface area contributed by atoms with Gasteiger partial charge in [0.05, 0.1) is 30.8 Å². The number of fused-ring (bicyclic) bond motifs is 9. The van der Waals surface area contributed by atoms with E-state index >= 15 is 0 Å². The average Bonchev–Trinajstić information content (AvgIpc) is 3.65. The van der Waals surface area contributed by atoms with E-state index in [4.69, 9.17) is 33.2 Å². The summed E-state index contributed by atoms with van der Waals surface area (Å²) in [5.74, 6) is 1.95. The number of carbonyl (C=O) groups is 1. The maximum absolute atomic E-state index is 13.4. The zero-order valence-corrected chi connectivity index (χ0v) is 31.2. The Hall–Kier alpha value is -5.23. The highest BCUT2D eigenvalue weighted by Gasteiger charge is 2.57. The van der Waals surface area contributed by atoms with Crippen molar-refractivity contribution in [3.63, 3.8) is 0 Å². The highest BCUT2D eigenvalue weighted by atomic mass is 19.4. The minimum absolute atomic E-state index is 0.0149. The van der Waals surface area contributed by atoms with E-state index in [9.17, 15) is 23.2 Å².